The summed E-state index contributed by atoms with van der Waals surface area (Å²) in [6, 6.07) is 9.63. The molecule has 14 heavy (non-hydrogen) atoms. The van der Waals surface area contributed by atoms with Gasteiger partial charge in [-0.3, -0.25) is 0 Å². The van der Waals surface area contributed by atoms with Crippen LogP contribution in [0.1, 0.15) is 11.1 Å². The predicted molar refractivity (Wildman–Crippen MR) is 50.6 cm³/mol. The molecule has 0 N–H and O–H groups in total. The molecular formula is C11H11NO2. The first kappa shape index (κ1) is 9.20. The third kappa shape index (κ3) is 1.92. The summed E-state index contributed by atoms with van der Waals surface area (Å²) in [5, 5.41) is 8.82. The first-order chi connectivity index (χ1) is 6.90. The molecule has 1 saturated heterocycles. The van der Waals surface area contributed by atoms with Gasteiger partial charge in [-0.25, -0.2) is 0 Å². The minimum Gasteiger partial charge on any atom is -0.376 e. The molecule has 3 heteroatoms. The standard InChI is InChI=1S/C11H11NO2/c12-5-9-3-1-2-4-10(9)6-14-11-7-13-8-11/h1-4,11H,6-8H2. The summed E-state index contributed by atoms with van der Waals surface area (Å²) in [6.07, 6.45) is 0.210. The van der Waals surface area contributed by atoms with Gasteiger partial charge >= 0.3 is 0 Å². The zero-order valence-corrected chi connectivity index (χ0v) is 7.77. The number of hydrogen-bond acceptors (Lipinski definition) is 3. The molecule has 0 atom stereocenters. The van der Waals surface area contributed by atoms with Gasteiger partial charge in [0.05, 0.1) is 31.5 Å². The normalized spacial score (nSPS) is 15.9. The molecule has 0 unspecified atom stereocenters. The molecule has 0 amide bonds. The van der Waals surface area contributed by atoms with Crippen molar-refractivity contribution in [3.8, 4) is 6.07 Å². The van der Waals surface area contributed by atoms with Crippen LogP contribution < -0.4 is 0 Å². The Morgan fingerprint density at radius 3 is 2.86 bits per heavy atom. The van der Waals surface area contributed by atoms with E-state index in [4.69, 9.17) is 14.7 Å². The number of rotatable bonds is 3. The Morgan fingerprint density at radius 1 is 1.43 bits per heavy atom. The Hall–Kier alpha value is -1.37. The van der Waals surface area contributed by atoms with Crippen molar-refractivity contribution in [2.24, 2.45) is 0 Å². The molecule has 0 spiro atoms. The Labute approximate surface area is 82.9 Å². The van der Waals surface area contributed by atoms with Crippen LogP contribution in [0.3, 0.4) is 0 Å². The fourth-order valence-corrected chi connectivity index (χ4v) is 1.27. The van der Waals surface area contributed by atoms with Gasteiger partial charge in [0.1, 0.15) is 6.10 Å². The molecule has 1 aliphatic heterocycles. The van der Waals surface area contributed by atoms with Crippen molar-refractivity contribution in [1.82, 2.24) is 0 Å². The number of hydrogen-bond donors (Lipinski definition) is 0. The topological polar surface area (TPSA) is 42.2 Å². The molecule has 1 fully saturated rings. The molecule has 0 bridgehead atoms. The lowest BCUT2D eigenvalue weighted by molar-refractivity contribution is -0.135. The van der Waals surface area contributed by atoms with Crippen molar-refractivity contribution in [1.29, 1.82) is 5.26 Å². The van der Waals surface area contributed by atoms with Gasteiger partial charge < -0.3 is 9.47 Å². The van der Waals surface area contributed by atoms with E-state index in [9.17, 15) is 0 Å². The van der Waals surface area contributed by atoms with E-state index in [2.05, 4.69) is 6.07 Å². The van der Waals surface area contributed by atoms with E-state index in [-0.39, 0.29) is 6.10 Å². The van der Waals surface area contributed by atoms with Crippen molar-refractivity contribution >= 4 is 0 Å². The highest BCUT2D eigenvalue weighted by Gasteiger charge is 2.18. The zero-order chi connectivity index (χ0) is 9.80. The van der Waals surface area contributed by atoms with Gasteiger partial charge in [0.2, 0.25) is 0 Å². The lowest BCUT2D eigenvalue weighted by Crippen LogP contribution is -2.35. The monoisotopic (exact) mass is 189 g/mol. The molecule has 0 radical (unpaired) electrons. The summed E-state index contributed by atoms with van der Waals surface area (Å²) in [5.41, 5.74) is 1.63. The maximum Gasteiger partial charge on any atom is 0.105 e. The van der Waals surface area contributed by atoms with Crippen LogP contribution in [0.5, 0.6) is 0 Å². The van der Waals surface area contributed by atoms with Crippen LogP contribution >= 0.6 is 0 Å². The van der Waals surface area contributed by atoms with E-state index in [1.807, 2.05) is 18.2 Å². The quantitative estimate of drug-likeness (QED) is 0.723. The van der Waals surface area contributed by atoms with E-state index >= 15 is 0 Å². The predicted octanol–water partition coefficient (Wildman–Crippen LogP) is 1.47. The molecule has 1 heterocycles. The molecule has 1 aromatic carbocycles. The molecular weight excluding hydrogens is 178 g/mol. The van der Waals surface area contributed by atoms with Crippen LogP contribution in [0, 0.1) is 11.3 Å². The van der Waals surface area contributed by atoms with Crippen molar-refractivity contribution in [3.63, 3.8) is 0 Å². The summed E-state index contributed by atoms with van der Waals surface area (Å²) >= 11 is 0. The fourth-order valence-electron chi connectivity index (χ4n) is 1.27. The van der Waals surface area contributed by atoms with E-state index in [1.165, 1.54) is 0 Å². The van der Waals surface area contributed by atoms with Crippen LogP contribution in [-0.2, 0) is 16.1 Å². The molecule has 0 aromatic heterocycles. The van der Waals surface area contributed by atoms with Crippen LogP contribution in [0.4, 0.5) is 0 Å². The number of ether oxygens (including phenoxy) is 2. The third-order valence-electron chi connectivity index (χ3n) is 2.22. The molecule has 3 nitrogen and oxygen atoms in total. The largest absolute Gasteiger partial charge is 0.376 e. The SMILES string of the molecule is N#Cc1ccccc1COC1COC1. The molecule has 0 saturated carbocycles. The summed E-state index contributed by atoms with van der Waals surface area (Å²) in [7, 11) is 0. The van der Waals surface area contributed by atoms with Crippen LogP contribution in [0.15, 0.2) is 24.3 Å². The average molecular weight is 189 g/mol. The van der Waals surface area contributed by atoms with Gasteiger partial charge in [-0.1, -0.05) is 18.2 Å². The minimum absolute atomic E-state index is 0.210. The van der Waals surface area contributed by atoms with Crippen molar-refractivity contribution in [3.05, 3.63) is 35.4 Å². The highest BCUT2D eigenvalue weighted by Crippen LogP contribution is 2.12. The Bertz CT molecular complexity index is 353. The lowest BCUT2D eigenvalue weighted by Gasteiger charge is -2.26. The first-order valence-corrected chi connectivity index (χ1v) is 4.57. The first-order valence-electron chi connectivity index (χ1n) is 4.57. The highest BCUT2D eigenvalue weighted by molar-refractivity contribution is 5.36. The van der Waals surface area contributed by atoms with Gasteiger partial charge in [-0.15, -0.1) is 0 Å². The lowest BCUT2D eigenvalue weighted by atomic mass is 10.1. The summed E-state index contributed by atoms with van der Waals surface area (Å²) in [4.78, 5) is 0. The van der Waals surface area contributed by atoms with Crippen molar-refractivity contribution < 1.29 is 9.47 Å². The molecule has 1 aromatic rings. The summed E-state index contributed by atoms with van der Waals surface area (Å²) < 4.78 is 10.5. The van der Waals surface area contributed by atoms with E-state index in [1.54, 1.807) is 6.07 Å². The Kier molecular flexibility index (Phi) is 2.78. The highest BCUT2D eigenvalue weighted by atomic mass is 16.6. The van der Waals surface area contributed by atoms with Gasteiger partial charge in [0.25, 0.3) is 0 Å². The minimum atomic E-state index is 0.210. The number of benzene rings is 1. The second-order valence-corrected chi connectivity index (χ2v) is 3.24. The summed E-state index contributed by atoms with van der Waals surface area (Å²) in [5.74, 6) is 0. The van der Waals surface area contributed by atoms with Crippen LogP contribution in [0.2, 0.25) is 0 Å². The van der Waals surface area contributed by atoms with Crippen molar-refractivity contribution in [2.45, 2.75) is 12.7 Å². The van der Waals surface area contributed by atoms with Crippen LogP contribution in [0.25, 0.3) is 0 Å². The maximum atomic E-state index is 8.82. The second kappa shape index (κ2) is 4.23. The average Bonchev–Trinajstić information content (AvgIpc) is 2.16. The molecule has 2 rings (SSSR count). The molecule has 72 valence electrons. The van der Waals surface area contributed by atoms with Gasteiger partial charge in [-0.2, -0.15) is 5.26 Å². The van der Waals surface area contributed by atoms with E-state index in [0.29, 0.717) is 25.4 Å². The third-order valence-corrected chi connectivity index (χ3v) is 2.22. The molecule has 0 aliphatic carbocycles. The maximum absolute atomic E-state index is 8.82. The number of nitriles is 1. The van der Waals surface area contributed by atoms with Gasteiger partial charge in [-0.05, 0) is 11.6 Å². The van der Waals surface area contributed by atoms with Gasteiger partial charge in [0.15, 0.2) is 0 Å². The van der Waals surface area contributed by atoms with Crippen LogP contribution in [-0.4, -0.2) is 19.3 Å². The number of nitrogens with zero attached hydrogens (tertiary/aromatic N) is 1. The molecule has 1 aliphatic rings. The fraction of sp³-hybridized carbons (Fsp3) is 0.364. The summed E-state index contributed by atoms with van der Waals surface area (Å²) in [6.45, 7) is 1.85. The Morgan fingerprint density at radius 2 is 2.21 bits per heavy atom. The van der Waals surface area contributed by atoms with Gasteiger partial charge in [0, 0.05) is 0 Å². The van der Waals surface area contributed by atoms with E-state index in [0.717, 1.165) is 5.56 Å². The van der Waals surface area contributed by atoms with E-state index < -0.39 is 0 Å². The zero-order valence-electron chi connectivity index (χ0n) is 7.77. The Balaban J connectivity index is 1.97. The smallest absolute Gasteiger partial charge is 0.105 e. The second-order valence-electron chi connectivity index (χ2n) is 3.24. The van der Waals surface area contributed by atoms with Crippen molar-refractivity contribution in [2.75, 3.05) is 13.2 Å².